The Hall–Kier alpha value is -0.550. The predicted octanol–water partition coefficient (Wildman–Crippen LogP) is 2.44. The van der Waals surface area contributed by atoms with Crippen LogP contribution in [-0.2, 0) is 12.8 Å². The molecule has 0 radical (unpaired) electrons. The molecule has 1 aliphatic heterocycles. The second-order valence-corrected chi connectivity index (χ2v) is 6.91. The van der Waals surface area contributed by atoms with Gasteiger partial charge in [0, 0.05) is 18.9 Å². The second-order valence-electron chi connectivity index (χ2n) is 5.68. The molecule has 0 amide bonds. The number of hydrogen-bond donors (Lipinski definition) is 1. The van der Waals surface area contributed by atoms with Gasteiger partial charge in [-0.05, 0) is 56.1 Å². The van der Waals surface area contributed by atoms with Crippen LogP contribution in [0.4, 0.5) is 0 Å². The number of aromatic nitrogens is 2. The number of hydrogen-bond acceptors (Lipinski definition) is 5. The lowest BCUT2D eigenvalue weighted by molar-refractivity contribution is 0.388. The van der Waals surface area contributed by atoms with E-state index in [1.807, 2.05) is 0 Å². The van der Waals surface area contributed by atoms with Gasteiger partial charge >= 0.3 is 0 Å². The molecule has 1 saturated heterocycles. The van der Waals surface area contributed by atoms with Gasteiger partial charge < -0.3 is 9.73 Å². The maximum Gasteiger partial charge on any atom is 0.216 e. The molecule has 1 saturated carbocycles. The van der Waals surface area contributed by atoms with Gasteiger partial charge in [0.25, 0.3) is 0 Å². The Morgan fingerprint density at radius 1 is 1.11 bits per heavy atom. The van der Waals surface area contributed by atoms with Crippen molar-refractivity contribution in [2.24, 2.45) is 5.92 Å². The van der Waals surface area contributed by atoms with Gasteiger partial charge in [0.05, 0.1) is 0 Å². The lowest BCUT2D eigenvalue weighted by Gasteiger charge is -2.19. The highest BCUT2D eigenvalue weighted by Crippen LogP contribution is 2.25. The molecule has 1 aromatic heterocycles. The summed E-state index contributed by atoms with van der Waals surface area (Å²) >= 11 is 2.06. The molecule has 2 aliphatic rings. The Morgan fingerprint density at radius 3 is 2.68 bits per heavy atom. The van der Waals surface area contributed by atoms with Gasteiger partial charge in [-0.1, -0.05) is 0 Å². The van der Waals surface area contributed by atoms with E-state index >= 15 is 0 Å². The van der Waals surface area contributed by atoms with Crippen LogP contribution in [0.1, 0.15) is 43.9 Å². The molecule has 2 fully saturated rings. The fourth-order valence-corrected chi connectivity index (χ4v) is 3.71. The monoisotopic (exact) mass is 281 g/mol. The highest BCUT2D eigenvalue weighted by Gasteiger charge is 2.20. The Labute approximate surface area is 119 Å². The smallest absolute Gasteiger partial charge is 0.216 e. The summed E-state index contributed by atoms with van der Waals surface area (Å²) in [7, 11) is 0. The van der Waals surface area contributed by atoms with Gasteiger partial charge in [0.1, 0.15) is 0 Å². The summed E-state index contributed by atoms with van der Waals surface area (Å²) < 4.78 is 5.75. The first kappa shape index (κ1) is 13.4. The third-order valence-electron chi connectivity index (χ3n) is 3.89. The first-order valence-corrected chi connectivity index (χ1v) is 8.68. The van der Waals surface area contributed by atoms with Crippen LogP contribution in [0.25, 0.3) is 0 Å². The summed E-state index contributed by atoms with van der Waals surface area (Å²) in [6.45, 7) is 1.07. The van der Waals surface area contributed by atoms with Gasteiger partial charge in [-0.15, -0.1) is 10.2 Å². The molecule has 2 heterocycles. The SMILES string of the molecule is C(CNC1CC1)Cc1nnc(CC2CCSCC2)o1. The molecule has 3 rings (SSSR count). The summed E-state index contributed by atoms with van der Waals surface area (Å²) in [6.07, 6.45) is 8.29. The summed E-state index contributed by atoms with van der Waals surface area (Å²) in [5.74, 6) is 5.00. The third-order valence-corrected chi connectivity index (χ3v) is 4.94. The van der Waals surface area contributed by atoms with Crippen LogP contribution in [0, 0.1) is 5.92 Å². The fourth-order valence-electron chi connectivity index (χ4n) is 2.50. The molecule has 0 atom stereocenters. The molecular weight excluding hydrogens is 258 g/mol. The molecule has 106 valence electrons. The van der Waals surface area contributed by atoms with Crippen molar-refractivity contribution in [3.63, 3.8) is 0 Å². The van der Waals surface area contributed by atoms with E-state index < -0.39 is 0 Å². The Balaban J connectivity index is 1.37. The van der Waals surface area contributed by atoms with Crippen LogP contribution >= 0.6 is 11.8 Å². The van der Waals surface area contributed by atoms with E-state index in [2.05, 4.69) is 27.3 Å². The lowest BCUT2D eigenvalue weighted by atomic mass is 9.99. The van der Waals surface area contributed by atoms with Crippen LogP contribution in [0.5, 0.6) is 0 Å². The molecule has 0 bridgehead atoms. The van der Waals surface area contributed by atoms with Crippen LogP contribution in [0.3, 0.4) is 0 Å². The molecule has 0 spiro atoms. The topological polar surface area (TPSA) is 51.0 Å². The highest BCUT2D eigenvalue weighted by atomic mass is 32.2. The molecular formula is C14H23N3OS. The van der Waals surface area contributed by atoms with Crippen molar-refractivity contribution < 1.29 is 4.42 Å². The Morgan fingerprint density at radius 2 is 1.89 bits per heavy atom. The quantitative estimate of drug-likeness (QED) is 0.778. The average Bonchev–Trinajstić information content (AvgIpc) is 3.16. The standard InChI is InChI=1S/C14H23N3OS/c1(7-15-12-3-4-12)2-13-16-17-14(18-13)10-11-5-8-19-9-6-11/h11-12,15H,1-10H2. The zero-order chi connectivity index (χ0) is 12.9. The highest BCUT2D eigenvalue weighted by molar-refractivity contribution is 7.99. The van der Waals surface area contributed by atoms with E-state index in [4.69, 9.17) is 4.42 Å². The van der Waals surface area contributed by atoms with Gasteiger partial charge in [0.2, 0.25) is 11.8 Å². The van der Waals surface area contributed by atoms with Gasteiger partial charge in [-0.25, -0.2) is 0 Å². The van der Waals surface area contributed by atoms with Gasteiger partial charge in [-0.3, -0.25) is 0 Å². The van der Waals surface area contributed by atoms with Crippen molar-refractivity contribution in [3.8, 4) is 0 Å². The van der Waals surface area contributed by atoms with Crippen molar-refractivity contribution in [3.05, 3.63) is 11.8 Å². The zero-order valence-corrected chi connectivity index (χ0v) is 12.3. The first-order chi connectivity index (χ1) is 9.40. The molecule has 19 heavy (non-hydrogen) atoms. The number of aryl methyl sites for hydroxylation is 1. The van der Waals surface area contributed by atoms with Crippen LogP contribution < -0.4 is 5.32 Å². The number of nitrogens with zero attached hydrogens (tertiary/aromatic N) is 2. The number of rotatable bonds is 7. The normalized spacial score (nSPS) is 20.8. The van der Waals surface area contributed by atoms with E-state index in [-0.39, 0.29) is 0 Å². The summed E-state index contributed by atoms with van der Waals surface area (Å²) in [5, 5.41) is 11.9. The maximum absolute atomic E-state index is 5.75. The molecule has 1 aliphatic carbocycles. The zero-order valence-electron chi connectivity index (χ0n) is 11.4. The van der Waals surface area contributed by atoms with Crippen LogP contribution in [-0.4, -0.2) is 34.3 Å². The molecule has 1 N–H and O–H groups in total. The lowest BCUT2D eigenvalue weighted by Crippen LogP contribution is -2.17. The average molecular weight is 281 g/mol. The summed E-state index contributed by atoms with van der Waals surface area (Å²) in [6, 6.07) is 0.794. The van der Waals surface area contributed by atoms with E-state index in [0.29, 0.717) is 0 Å². The number of thioether (sulfide) groups is 1. The largest absolute Gasteiger partial charge is 0.425 e. The molecule has 5 heteroatoms. The van der Waals surface area contributed by atoms with E-state index in [1.54, 1.807) is 0 Å². The molecule has 0 aromatic carbocycles. The van der Waals surface area contributed by atoms with Crippen molar-refractivity contribution in [1.29, 1.82) is 0 Å². The molecule has 1 aromatic rings. The Bertz CT molecular complexity index is 386. The third kappa shape index (κ3) is 4.49. The van der Waals surface area contributed by atoms with Crippen LogP contribution in [0.2, 0.25) is 0 Å². The van der Waals surface area contributed by atoms with Crippen molar-refractivity contribution in [2.45, 2.75) is 51.0 Å². The predicted molar refractivity (Wildman–Crippen MR) is 77.4 cm³/mol. The number of nitrogens with one attached hydrogen (secondary N) is 1. The van der Waals surface area contributed by atoms with E-state index in [1.165, 1.54) is 37.2 Å². The minimum Gasteiger partial charge on any atom is -0.425 e. The van der Waals surface area contributed by atoms with E-state index in [0.717, 1.165) is 49.5 Å². The molecule has 0 unspecified atom stereocenters. The Kier molecular flexibility index (Phi) is 4.77. The second kappa shape index (κ2) is 6.75. The van der Waals surface area contributed by atoms with Crippen molar-refractivity contribution in [1.82, 2.24) is 15.5 Å². The van der Waals surface area contributed by atoms with Crippen molar-refractivity contribution in [2.75, 3.05) is 18.1 Å². The maximum atomic E-state index is 5.75. The summed E-state index contributed by atoms with van der Waals surface area (Å²) in [5.41, 5.74) is 0. The minimum atomic E-state index is 0.756. The summed E-state index contributed by atoms with van der Waals surface area (Å²) in [4.78, 5) is 0. The molecule has 4 nitrogen and oxygen atoms in total. The first-order valence-electron chi connectivity index (χ1n) is 7.52. The minimum absolute atomic E-state index is 0.756. The van der Waals surface area contributed by atoms with Gasteiger partial charge in [0.15, 0.2) is 0 Å². The van der Waals surface area contributed by atoms with Gasteiger partial charge in [-0.2, -0.15) is 11.8 Å². The fraction of sp³-hybridized carbons (Fsp3) is 0.857. The van der Waals surface area contributed by atoms with Crippen LogP contribution in [0.15, 0.2) is 4.42 Å². The van der Waals surface area contributed by atoms with Crippen molar-refractivity contribution >= 4 is 11.8 Å². The van der Waals surface area contributed by atoms with E-state index in [9.17, 15) is 0 Å².